The zero-order chi connectivity index (χ0) is 15.7. The second-order valence-corrected chi connectivity index (χ2v) is 6.31. The van der Waals surface area contributed by atoms with Gasteiger partial charge in [0.2, 0.25) is 0 Å². The number of rotatable bonds is 3. The first kappa shape index (κ1) is 14.6. The molecule has 114 valence electrons. The van der Waals surface area contributed by atoms with E-state index in [1.54, 1.807) is 12.1 Å². The Morgan fingerprint density at radius 1 is 1.23 bits per heavy atom. The summed E-state index contributed by atoms with van der Waals surface area (Å²) in [5, 5.41) is 8.94. The van der Waals surface area contributed by atoms with Crippen LogP contribution in [0.4, 0.5) is 5.82 Å². The predicted octanol–water partition coefficient (Wildman–Crippen LogP) is 3.26. The molecule has 4 heteroatoms. The average Bonchev–Trinajstić information content (AvgIpc) is 2.91. The minimum atomic E-state index is -0.940. The van der Waals surface area contributed by atoms with Gasteiger partial charge >= 0.3 is 5.97 Å². The monoisotopic (exact) mass is 296 g/mol. The number of carbonyl (C=O) groups is 1. The topological polar surface area (TPSA) is 53.4 Å². The van der Waals surface area contributed by atoms with E-state index in [0.717, 1.165) is 25.3 Å². The summed E-state index contributed by atoms with van der Waals surface area (Å²) in [6, 6.07) is 12.1. The molecule has 2 aromatic rings. The van der Waals surface area contributed by atoms with E-state index in [4.69, 9.17) is 5.11 Å². The fraction of sp³-hybridized carbons (Fsp3) is 0.333. The predicted molar refractivity (Wildman–Crippen MR) is 86.6 cm³/mol. The standard InChI is InChI=1S/C18H20N2O2/c1-13-3-6-15(7-4-13)18(2)9-10-20(12-18)16-8-5-14(11-19-16)17(21)22/h3-8,11H,9-10,12H2,1-2H3,(H,21,22). The van der Waals surface area contributed by atoms with Crippen LogP contribution < -0.4 is 4.90 Å². The number of hydrogen-bond donors (Lipinski definition) is 1. The third-order valence-corrected chi connectivity index (χ3v) is 4.54. The van der Waals surface area contributed by atoms with Crippen LogP contribution in [0.2, 0.25) is 0 Å². The molecule has 1 saturated heterocycles. The summed E-state index contributed by atoms with van der Waals surface area (Å²) in [6.45, 7) is 6.21. The molecule has 0 spiro atoms. The van der Waals surface area contributed by atoms with Crippen molar-refractivity contribution in [3.8, 4) is 0 Å². The van der Waals surface area contributed by atoms with Gasteiger partial charge in [0.1, 0.15) is 5.82 Å². The van der Waals surface area contributed by atoms with Crippen molar-refractivity contribution in [3.05, 3.63) is 59.3 Å². The average molecular weight is 296 g/mol. The largest absolute Gasteiger partial charge is 0.478 e. The molecular formula is C18H20N2O2. The van der Waals surface area contributed by atoms with E-state index < -0.39 is 5.97 Å². The van der Waals surface area contributed by atoms with Gasteiger partial charge in [-0.1, -0.05) is 36.8 Å². The number of anilines is 1. The first-order valence-electron chi connectivity index (χ1n) is 7.49. The van der Waals surface area contributed by atoms with Gasteiger partial charge in [0.05, 0.1) is 5.56 Å². The highest BCUT2D eigenvalue weighted by Gasteiger charge is 2.35. The molecule has 0 bridgehead atoms. The Labute approximate surface area is 130 Å². The van der Waals surface area contributed by atoms with Gasteiger partial charge in [-0.3, -0.25) is 0 Å². The smallest absolute Gasteiger partial charge is 0.337 e. The van der Waals surface area contributed by atoms with Gasteiger partial charge in [-0.15, -0.1) is 0 Å². The number of aryl methyl sites for hydroxylation is 1. The lowest BCUT2D eigenvalue weighted by molar-refractivity contribution is 0.0696. The molecule has 0 aliphatic carbocycles. The molecule has 0 amide bonds. The zero-order valence-corrected chi connectivity index (χ0v) is 12.9. The van der Waals surface area contributed by atoms with Crippen LogP contribution in [0.15, 0.2) is 42.6 Å². The molecule has 1 unspecified atom stereocenters. The number of aromatic carboxylic acids is 1. The van der Waals surface area contributed by atoms with Crippen LogP contribution in [0.25, 0.3) is 0 Å². The molecule has 1 aliphatic heterocycles. The Kier molecular flexibility index (Phi) is 3.61. The minimum absolute atomic E-state index is 0.112. The third-order valence-electron chi connectivity index (χ3n) is 4.54. The van der Waals surface area contributed by atoms with Crippen molar-refractivity contribution in [2.24, 2.45) is 0 Å². The van der Waals surface area contributed by atoms with Gasteiger partial charge in [0.15, 0.2) is 0 Å². The number of benzene rings is 1. The van der Waals surface area contributed by atoms with Gasteiger partial charge in [-0.25, -0.2) is 9.78 Å². The fourth-order valence-electron chi connectivity index (χ4n) is 3.05. The third kappa shape index (κ3) is 2.69. The molecule has 1 aromatic carbocycles. The van der Waals surface area contributed by atoms with Gasteiger partial charge in [-0.05, 0) is 31.0 Å². The highest BCUT2D eigenvalue weighted by Crippen LogP contribution is 2.35. The zero-order valence-electron chi connectivity index (χ0n) is 12.9. The molecule has 1 aromatic heterocycles. The number of carboxylic acids is 1. The number of aromatic nitrogens is 1. The van der Waals surface area contributed by atoms with Crippen LogP contribution in [0.1, 0.15) is 34.8 Å². The van der Waals surface area contributed by atoms with Crippen LogP contribution in [0, 0.1) is 6.92 Å². The Hall–Kier alpha value is -2.36. The van der Waals surface area contributed by atoms with E-state index >= 15 is 0 Å². The Balaban J connectivity index is 1.79. The molecule has 1 atom stereocenters. The maximum absolute atomic E-state index is 10.9. The van der Waals surface area contributed by atoms with Crippen molar-refractivity contribution in [2.75, 3.05) is 18.0 Å². The fourth-order valence-corrected chi connectivity index (χ4v) is 3.05. The lowest BCUT2D eigenvalue weighted by atomic mass is 9.81. The molecule has 2 heterocycles. The van der Waals surface area contributed by atoms with E-state index in [9.17, 15) is 4.79 Å². The van der Waals surface area contributed by atoms with Crippen LogP contribution in [-0.4, -0.2) is 29.1 Å². The summed E-state index contributed by atoms with van der Waals surface area (Å²) >= 11 is 0. The van der Waals surface area contributed by atoms with Crippen molar-refractivity contribution < 1.29 is 9.90 Å². The summed E-state index contributed by atoms with van der Waals surface area (Å²) in [5.41, 5.74) is 2.96. The van der Waals surface area contributed by atoms with Crippen molar-refractivity contribution in [3.63, 3.8) is 0 Å². The summed E-state index contributed by atoms with van der Waals surface area (Å²) in [4.78, 5) is 17.4. The summed E-state index contributed by atoms with van der Waals surface area (Å²) in [7, 11) is 0. The molecule has 0 radical (unpaired) electrons. The van der Waals surface area contributed by atoms with E-state index in [-0.39, 0.29) is 11.0 Å². The summed E-state index contributed by atoms with van der Waals surface area (Å²) in [5.74, 6) is -0.0918. The van der Waals surface area contributed by atoms with Crippen LogP contribution in [0.3, 0.4) is 0 Å². The number of pyridine rings is 1. The molecule has 0 saturated carbocycles. The normalized spacial score (nSPS) is 21.1. The van der Waals surface area contributed by atoms with Crippen molar-refractivity contribution in [2.45, 2.75) is 25.7 Å². The second-order valence-electron chi connectivity index (χ2n) is 6.31. The number of carboxylic acid groups (broad SMARTS) is 1. The van der Waals surface area contributed by atoms with E-state index in [0.29, 0.717) is 0 Å². The van der Waals surface area contributed by atoms with Gasteiger partial charge in [0.25, 0.3) is 0 Å². The van der Waals surface area contributed by atoms with Crippen LogP contribution >= 0.6 is 0 Å². The quantitative estimate of drug-likeness (QED) is 0.944. The SMILES string of the molecule is Cc1ccc(C2(C)CCN(c3ccc(C(=O)O)cn3)C2)cc1. The minimum Gasteiger partial charge on any atom is -0.478 e. The lowest BCUT2D eigenvalue weighted by Gasteiger charge is -2.26. The van der Waals surface area contributed by atoms with Gasteiger partial charge < -0.3 is 10.0 Å². The molecule has 4 nitrogen and oxygen atoms in total. The highest BCUT2D eigenvalue weighted by molar-refractivity contribution is 5.87. The summed E-state index contributed by atoms with van der Waals surface area (Å²) < 4.78 is 0. The maximum atomic E-state index is 10.9. The van der Waals surface area contributed by atoms with Crippen molar-refractivity contribution in [1.29, 1.82) is 0 Å². The number of nitrogens with zero attached hydrogens (tertiary/aromatic N) is 2. The maximum Gasteiger partial charge on any atom is 0.337 e. The second kappa shape index (κ2) is 5.44. The van der Waals surface area contributed by atoms with Gasteiger partial charge in [0, 0.05) is 24.7 Å². The number of hydrogen-bond acceptors (Lipinski definition) is 3. The van der Waals surface area contributed by atoms with E-state index in [1.165, 1.54) is 17.3 Å². The first-order valence-corrected chi connectivity index (χ1v) is 7.49. The van der Waals surface area contributed by atoms with E-state index in [2.05, 4.69) is 48.0 Å². The van der Waals surface area contributed by atoms with Crippen molar-refractivity contribution >= 4 is 11.8 Å². The van der Waals surface area contributed by atoms with Crippen molar-refractivity contribution in [1.82, 2.24) is 4.98 Å². The Morgan fingerprint density at radius 2 is 1.95 bits per heavy atom. The van der Waals surface area contributed by atoms with Crippen LogP contribution in [-0.2, 0) is 5.41 Å². The molecule has 1 aliphatic rings. The van der Waals surface area contributed by atoms with E-state index in [1.807, 2.05) is 0 Å². The highest BCUT2D eigenvalue weighted by atomic mass is 16.4. The molecule has 3 rings (SSSR count). The molecule has 22 heavy (non-hydrogen) atoms. The van der Waals surface area contributed by atoms with Crippen LogP contribution in [0.5, 0.6) is 0 Å². The molecule has 1 fully saturated rings. The van der Waals surface area contributed by atoms with Gasteiger partial charge in [-0.2, -0.15) is 0 Å². The molecular weight excluding hydrogens is 276 g/mol. The summed E-state index contributed by atoms with van der Waals surface area (Å²) in [6.07, 6.45) is 2.50. The molecule has 1 N–H and O–H groups in total. The Bertz CT molecular complexity index is 679. The first-order chi connectivity index (χ1) is 10.5. The lowest BCUT2D eigenvalue weighted by Crippen LogP contribution is -2.28. The Morgan fingerprint density at radius 3 is 2.55 bits per heavy atom.